The van der Waals surface area contributed by atoms with Gasteiger partial charge < -0.3 is 67.8 Å². The molecule has 5 unspecified atom stereocenters. The number of rotatable bonds is 18. The van der Waals surface area contributed by atoms with Crippen molar-refractivity contribution in [2.24, 2.45) is 11.8 Å². The van der Waals surface area contributed by atoms with E-state index in [2.05, 4.69) is 35.2 Å². The maximum atomic E-state index is 14.2. The highest BCUT2D eigenvalue weighted by Crippen LogP contribution is 2.38. The van der Waals surface area contributed by atoms with Crippen molar-refractivity contribution in [3.63, 3.8) is 0 Å². The quantitative estimate of drug-likeness (QED) is 0.0686. The number of ether oxygens (including phenoxy) is 8. The SMILES string of the molecule is CCC(=O)O[C@@H]1CC(=O)O[C@@H](CCCCCc2ccc3ccccc3c2)CCCN(C)C[C@H](O)[C@H](C)C[C@H](CC=O)[C@H](O[C@@H]2OC(C)[C@@H](O[C@H]3CC(C)(O)[C@@H](OC(=O)CC)C(C)O3)C(N(C)C)C2O)[C@H]1OC. The number of aryl methyl sites for hydroxylation is 1. The number of hydrogen-bond acceptors (Lipinski definition) is 17. The number of hydrogen-bond donors (Lipinski definition) is 3. The van der Waals surface area contributed by atoms with Crippen LogP contribution in [0.25, 0.3) is 10.8 Å². The zero-order valence-corrected chi connectivity index (χ0v) is 44.5. The Morgan fingerprint density at radius 3 is 2.29 bits per heavy atom. The van der Waals surface area contributed by atoms with E-state index in [9.17, 15) is 34.5 Å². The molecule has 2 aromatic carbocycles. The molecule has 0 bridgehead atoms. The highest BCUT2D eigenvalue weighted by molar-refractivity contribution is 5.83. The van der Waals surface area contributed by atoms with E-state index in [0.717, 1.165) is 38.4 Å². The zero-order chi connectivity index (χ0) is 52.7. The number of carbonyl (C=O) groups excluding carboxylic acids is 4. The lowest BCUT2D eigenvalue weighted by Gasteiger charge is -2.50. The number of aliphatic hydroxyl groups is 3. The van der Waals surface area contributed by atoms with Gasteiger partial charge in [-0.15, -0.1) is 0 Å². The number of cyclic esters (lactones) is 1. The predicted molar refractivity (Wildman–Crippen MR) is 270 cm³/mol. The normalized spacial score (nSPS) is 34.9. The van der Waals surface area contributed by atoms with Gasteiger partial charge in [-0.1, -0.05) is 69.7 Å². The second-order valence-corrected chi connectivity index (χ2v) is 21.0. The number of aldehydes is 1. The van der Waals surface area contributed by atoms with E-state index >= 15 is 0 Å². The Morgan fingerprint density at radius 1 is 0.917 bits per heavy atom. The fourth-order valence-electron chi connectivity index (χ4n) is 10.7. The molecule has 0 amide bonds. The number of aliphatic hydroxyl groups excluding tert-OH is 2. The van der Waals surface area contributed by atoms with Crippen molar-refractivity contribution in [1.82, 2.24) is 9.80 Å². The molecular formula is C55H86N2O15. The number of carbonyl (C=O) groups is 4. The van der Waals surface area contributed by atoms with Gasteiger partial charge in [0.1, 0.15) is 42.4 Å². The summed E-state index contributed by atoms with van der Waals surface area (Å²) in [4.78, 5) is 56.1. The Labute approximate surface area is 427 Å². The van der Waals surface area contributed by atoms with E-state index in [0.29, 0.717) is 25.9 Å². The van der Waals surface area contributed by atoms with E-state index < -0.39 is 109 Å². The number of nitrogens with zero attached hydrogens (tertiary/aromatic N) is 2. The largest absolute Gasteiger partial charge is 0.462 e. The second kappa shape index (κ2) is 28.3. The minimum absolute atomic E-state index is 0.00117. The van der Waals surface area contributed by atoms with Gasteiger partial charge in [0, 0.05) is 39.3 Å². The summed E-state index contributed by atoms with van der Waals surface area (Å²) in [6.07, 6.45) is -5.49. The number of methoxy groups -OCH3 is 1. The number of β-amino-alcohol motifs (C(OH)–C–C–N with tert-alkyl or cyclic N) is 1. The third kappa shape index (κ3) is 16.7. The lowest BCUT2D eigenvalue weighted by atomic mass is 9.82. The number of likely N-dealkylation sites (N-methyl/N-ethyl adjacent to an activating group) is 2. The van der Waals surface area contributed by atoms with E-state index in [4.69, 9.17) is 37.9 Å². The molecule has 3 saturated heterocycles. The van der Waals surface area contributed by atoms with E-state index in [1.54, 1.807) is 53.6 Å². The molecule has 5 rings (SSSR count). The molecule has 0 spiro atoms. The van der Waals surface area contributed by atoms with E-state index in [1.165, 1.54) is 23.4 Å². The highest BCUT2D eigenvalue weighted by atomic mass is 16.7. The van der Waals surface area contributed by atoms with Gasteiger partial charge >= 0.3 is 17.9 Å². The Balaban J connectivity index is 1.38. The van der Waals surface area contributed by atoms with Crippen molar-refractivity contribution in [2.75, 3.05) is 41.3 Å². The van der Waals surface area contributed by atoms with Gasteiger partial charge in [-0.25, -0.2) is 0 Å². The maximum absolute atomic E-state index is 14.2. The third-order valence-electron chi connectivity index (χ3n) is 14.8. The molecule has 0 saturated carbocycles. The minimum atomic E-state index is -1.50. The van der Waals surface area contributed by atoms with Gasteiger partial charge in [0.25, 0.3) is 0 Å². The fourth-order valence-corrected chi connectivity index (χ4v) is 10.7. The Bertz CT molecular complexity index is 2000. The van der Waals surface area contributed by atoms with Crippen LogP contribution in [0.2, 0.25) is 0 Å². The van der Waals surface area contributed by atoms with Gasteiger partial charge in [-0.3, -0.25) is 14.4 Å². The van der Waals surface area contributed by atoms with Crippen LogP contribution in [-0.2, 0) is 63.5 Å². The van der Waals surface area contributed by atoms with Gasteiger partial charge in [0.2, 0.25) is 0 Å². The summed E-state index contributed by atoms with van der Waals surface area (Å²) >= 11 is 0. The van der Waals surface area contributed by atoms with Crippen LogP contribution in [0.15, 0.2) is 42.5 Å². The second-order valence-electron chi connectivity index (χ2n) is 21.0. The predicted octanol–water partition coefficient (Wildman–Crippen LogP) is 5.91. The smallest absolute Gasteiger partial charge is 0.309 e. The third-order valence-corrected chi connectivity index (χ3v) is 14.8. The average Bonchev–Trinajstić information content (AvgIpc) is 3.32. The van der Waals surface area contributed by atoms with Crippen LogP contribution < -0.4 is 0 Å². The molecule has 3 aliphatic rings. The first-order valence-corrected chi connectivity index (χ1v) is 26.4. The lowest BCUT2D eigenvalue weighted by Crippen LogP contribution is -2.66. The molecule has 3 heterocycles. The number of benzene rings is 2. The molecular weight excluding hydrogens is 929 g/mol. The molecule has 3 N–H and O–H groups in total. The molecule has 2 aromatic rings. The molecule has 406 valence electrons. The van der Waals surface area contributed by atoms with Crippen molar-refractivity contribution >= 4 is 35.0 Å². The van der Waals surface area contributed by atoms with Crippen LogP contribution in [0.4, 0.5) is 0 Å². The molecule has 3 fully saturated rings. The monoisotopic (exact) mass is 1010 g/mol. The lowest BCUT2D eigenvalue weighted by molar-refractivity contribution is -0.344. The summed E-state index contributed by atoms with van der Waals surface area (Å²) in [7, 11) is 6.89. The first-order chi connectivity index (χ1) is 34.3. The fraction of sp³-hybridized carbons (Fsp3) is 0.745. The molecule has 17 nitrogen and oxygen atoms in total. The summed E-state index contributed by atoms with van der Waals surface area (Å²) in [5.74, 6) is -2.69. The van der Waals surface area contributed by atoms with Crippen LogP contribution in [-0.4, -0.2) is 176 Å². The number of unbranched alkanes of at least 4 members (excludes halogenated alkanes) is 2. The van der Waals surface area contributed by atoms with Gasteiger partial charge in [-0.05, 0) is 122 Å². The highest BCUT2D eigenvalue weighted by Gasteiger charge is 2.53. The zero-order valence-electron chi connectivity index (χ0n) is 44.5. The molecule has 16 atom stereocenters. The molecule has 0 aromatic heterocycles. The van der Waals surface area contributed by atoms with Crippen molar-refractivity contribution < 1.29 is 72.4 Å². The summed E-state index contributed by atoms with van der Waals surface area (Å²) < 4.78 is 50.0. The van der Waals surface area contributed by atoms with Gasteiger partial charge in [0.05, 0.1) is 36.9 Å². The van der Waals surface area contributed by atoms with Crippen molar-refractivity contribution in [3.05, 3.63) is 48.0 Å². The summed E-state index contributed by atoms with van der Waals surface area (Å²) in [6.45, 7) is 11.2. The molecule has 17 heteroatoms. The van der Waals surface area contributed by atoms with Crippen molar-refractivity contribution in [3.8, 4) is 0 Å². The minimum Gasteiger partial charge on any atom is -0.462 e. The first kappa shape index (κ1) is 59.3. The number of esters is 3. The maximum Gasteiger partial charge on any atom is 0.309 e. The molecule has 0 aliphatic carbocycles. The molecule has 0 radical (unpaired) electrons. The topological polar surface area (TPSA) is 209 Å². The van der Waals surface area contributed by atoms with Crippen LogP contribution in [0.3, 0.4) is 0 Å². The summed E-state index contributed by atoms with van der Waals surface area (Å²) in [5.41, 5.74) is -0.220. The average molecular weight is 1020 g/mol. The van der Waals surface area contributed by atoms with Crippen LogP contribution in [0.5, 0.6) is 0 Å². The van der Waals surface area contributed by atoms with Crippen molar-refractivity contribution in [2.45, 2.75) is 210 Å². The standard InChI is InChI=1S/C55H86N2O15/c1-11-44(60)69-43-31-46(62)68-41(22-15-13-14-19-37-24-25-38-20-16-17-21-39(38)30-37)23-18-27-57(9)33-42(59)34(3)29-40(26-28-58)51(52(43)65-10)72-54-49(63)48(56(7)8)50(35(4)67-54)71-47-32-55(6,64)53(36(5)66-47)70-45(61)12-2/h16-17,20-21,24-25,28,30,34-36,40-43,47-54,59,63-64H,11-15,18-19,22-23,26-27,29,31-33H2,1-10H3/t34-,35?,36?,40+,41+,42+,43-,47+,48?,49?,50-,51+,52+,53+,54+,55?/m1/s1. The number of fused-ring (bicyclic) bond motifs is 1. The first-order valence-electron chi connectivity index (χ1n) is 26.4. The Kier molecular flexibility index (Phi) is 23.3. The Hall–Kier alpha value is -3.62. The van der Waals surface area contributed by atoms with E-state index in [-0.39, 0.29) is 44.4 Å². The van der Waals surface area contributed by atoms with Crippen LogP contribution in [0.1, 0.15) is 124 Å². The van der Waals surface area contributed by atoms with Crippen LogP contribution >= 0.6 is 0 Å². The van der Waals surface area contributed by atoms with Crippen molar-refractivity contribution in [1.29, 1.82) is 0 Å². The van der Waals surface area contributed by atoms with Gasteiger partial charge in [-0.2, -0.15) is 0 Å². The van der Waals surface area contributed by atoms with Gasteiger partial charge in [0.15, 0.2) is 18.7 Å². The molecule has 72 heavy (non-hydrogen) atoms. The summed E-state index contributed by atoms with van der Waals surface area (Å²) in [5, 5.41) is 37.8. The molecule has 3 aliphatic heterocycles. The Morgan fingerprint density at radius 2 is 1.62 bits per heavy atom. The van der Waals surface area contributed by atoms with Crippen LogP contribution in [0, 0.1) is 11.8 Å². The van der Waals surface area contributed by atoms with E-state index in [1.807, 2.05) is 26.1 Å². The summed E-state index contributed by atoms with van der Waals surface area (Å²) in [6, 6.07) is 14.1.